The molecule has 2 aromatic rings. The summed E-state index contributed by atoms with van der Waals surface area (Å²) in [5.41, 5.74) is 0. The summed E-state index contributed by atoms with van der Waals surface area (Å²) >= 11 is 1.43. The van der Waals surface area contributed by atoms with Gasteiger partial charge in [-0.05, 0) is 42.5 Å². The molecule has 2 N–H and O–H groups in total. The molecule has 4 nitrogen and oxygen atoms in total. The third-order valence-electron chi connectivity index (χ3n) is 2.16. The number of phenols is 2. The number of rotatable bonds is 3. The van der Waals surface area contributed by atoms with Gasteiger partial charge in [-0.15, -0.1) is 5.26 Å². The Bertz CT molecular complexity index is 590. The average Bonchev–Trinajstić information content (AvgIpc) is 2.37. The molecule has 0 saturated carbocycles. The minimum Gasteiger partial charge on any atom is -0.508 e. The van der Waals surface area contributed by atoms with Crippen molar-refractivity contribution in [1.82, 2.24) is 0 Å². The maximum Gasteiger partial charge on any atom is 0.292 e. The number of nitrogens with zero attached hydrogens (tertiary/aromatic N) is 1. The molecule has 0 amide bonds. The summed E-state index contributed by atoms with van der Waals surface area (Å²) in [6.07, 6.45) is 1.52. The second kappa shape index (κ2) is 5.34. The van der Waals surface area contributed by atoms with E-state index < -0.39 is 0 Å². The first kappa shape index (κ1) is 12.1. The van der Waals surface area contributed by atoms with Crippen LogP contribution < -0.4 is 4.74 Å². The lowest BCUT2D eigenvalue weighted by Crippen LogP contribution is -1.83. The summed E-state index contributed by atoms with van der Waals surface area (Å²) in [6, 6.07) is 11.5. The summed E-state index contributed by atoms with van der Waals surface area (Å²) in [4.78, 5) is 1.75. The molecule has 90 valence electrons. The molecule has 18 heavy (non-hydrogen) atoms. The number of aromatic hydroxyl groups is 2. The molecule has 0 aromatic heterocycles. The molecule has 0 unspecified atom stereocenters. The van der Waals surface area contributed by atoms with Crippen LogP contribution in [0, 0.1) is 11.5 Å². The predicted octanol–water partition coefficient (Wildman–Crippen LogP) is 3.11. The van der Waals surface area contributed by atoms with Crippen LogP contribution in [0.25, 0.3) is 0 Å². The van der Waals surface area contributed by atoms with Crippen molar-refractivity contribution in [2.75, 3.05) is 0 Å². The fraction of sp³-hybridized carbons (Fsp3) is 0. The Balaban J connectivity index is 2.22. The molecule has 0 aliphatic rings. The zero-order valence-electron chi connectivity index (χ0n) is 9.20. The number of benzene rings is 2. The molecule has 5 heteroatoms. The second-order valence-corrected chi connectivity index (χ2v) is 4.57. The largest absolute Gasteiger partial charge is 0.508 e. The van der Waals surface area contributed by atoms with E-state index in [4.69, 9.17) is 5.26 Å². The van der Waals surface area contributed by atoms with Gasteiger partial charge in [0.25, 0.3) is 6.26 Å². The van der Waals surface area contributed by atoms with Gasteiger partial charge in [0.15, 0.2) is 11.5 Å². The number of nitriles is 1. The molecule has 0 atom stereocenters. The SMILES string of the molecule is N#COc1cc(Sc2ccc(O)cc2)ccc1O. The Morgan fingerprint density at radius 1 is 1.00 bits per heavy atom. The van der Waals surface area contributed by atoms with E-state index in [-0.39, 0.29) is 17.2 Å². The Hall–Kier alpha value is -2.32. The third kappa shape index (κ3) is 2.87. The zero-order chi connectivity index (χ0) is 13.0. The molecule has 0 aliphatic carbocycles. The minimum atomic E-state index is -0.0772. The van der Waals surface area contributed by atoms with Crippen LogP contribution in [0.3, 0.4) is 0 Å². The van der Waals surface area contributed by atoms with Crippen molar-refractivity contribution >= 4 is 11.8 Å². The van der Waals surface area contributed by atoms with E-state index >= 15 is 0 Å². The molecule has 0 spiro atoms. The maximum atomic E-state index is 9.45. The first-order valence-electron chi connectivity index (χ1n) is 5.05. The molecule has 0 bridgehead atoms. The van der Waals surface area contributed by atoms with Gasteiger partial charge in [-0.2, -0.15) is 0 Å². The van der Waals surface area contributed by atoms with Crippen molar-refractivity contribution in [3.05, 3.63) is 42.5 Å². The fourth-order valence-electron chi connectivity index (χ4n) is 1.34. The highest BCUT2D eigenvalue weighted by atomic mass is 32.2. The van der Waals surface area contributed by atoms with Gasteiger partial charge in [0, 0.05) is 9.79 Å². The number of phenolic OH excluding ortho intramolecular Hbond substituents is 2. The summed E-state index contributed by atoms with van der Waals surface area (Å²) in [5.74, 6) is 0.256. The first-order valence-corrected chi connectivity index (χ1v) is 5.86. The van der Waals surface area contributed by atoms with E-state index in [1.165, 1.54) is 24.1 Å². The lowest BCUT2D eigenvalue weighted by molar-refractivity contribution is 0.420. The Morgan fingerprint density at radius 3 is 2.33 bits per heavy atom. The van der Waals surface area contributed by atoms with Gasteiger partial charge in [0.05, 0.1) is 0 Å². The van der Waals surface area contributed by atoms with Crippen LogP contribution in [0.2, 0.25) is 0 Å². The van der Waals surface area contributed by atoms with Gasteiger partial charge in [-0.25, -0.2) is 0 Å². The van der Waals surface area contributed by atoms with Crippen LogP contribution in [-0.4, -0.2) is 10.2 Å². The van der Waals surface area contributed by atoms with E-state index in [1.54, 1.807) is 36.4 Å². The van der Waals surface area contributed by atoms with Crippen LogP contribution in [0.15, 0.2) is 52.3 Å². The van der Waals surface area contributed by atoms with E-state index in [2.05, 4.69) is 4.74 Å². The normalized spacial score (nSPS) is 9.72. The summed E-state index contributed by atoms with van der Waals surface area (Å²) in [6.45, 7) is 0. The lowest BCUT2D eigenvalue weighted by Gasteiger charge is -2.05. The van der Waals surface area contributed by atoms with Gasteiger partial charge in [0.2, 0.25) is 0 Å². The fourth-order valence-corrected chi connectivity index (χ4v) is 2.19. The summed E-state index contributed by atoms with van der Waals surface area (Å²) < 4.78 is 4.64. The summed E-state index contributed by atoms with van der Waals surface area (Å²) in [7, 11) is 0. The Kier molecular flexibility index (Phi) is 3.60. The van der Waals surface area contributed by atoms with Crippen LogP contribution in [0.4, 0.5) is 0 Å². The van der Waals surface area contributed by atoms with Crippen molar-refractivity contribution in [2.24, 2.45) is 0 Å². The van der Waals surface area contributed by atoms with Gasteiger partial charge in [-0.1, -0.05) is 11.8 Å². The minimum absolute atomic E-state index is 0.0772. The quantitative estimate of drug-likeness (QED) is 0.828. The number of hydrogen-bond acceptors (Lipinski definition) is 5. The third-order valence-corrected chi connectivity index (χ3v) is 3.16. The average molecular weight is 259 g/mol. The highest BCUT2D eigenvalue weighted by molar-refractivity contribution is 7.99. The second-order valence-electron chi connectivity index (χ2n) is 3.42. The highest BCUT2D eigenvalue weighted by Crippen LogP contribution is 2.35. The van der Waals surface area contributed by atoms with Crippen molar-refractivity contribution in [1.29, 1.82) is 5.26 Å². The van der Waals surface area contributed by atoms with Crippen LogP contribution >= 0.6 is 11.8 Å². The van der Waals surface area contributed by atoms with Crippen molar-refractivity contribution in [3.63, 3.8) is 0 Å². The van der Waals surface area contributed by atoms with E-state index in [0.717, 1.165) is 9.79 Å². The van der Waals surface area contributed by atoms with E-state index in [0.29, 0.717) is 0 Å². The highest BCUT2D eigenvalue weighted by Gasteiger charge is 2.05. The van der Waals surface area contributed by atoms with Gasteiger partial charge < -0.3 is 14.9 Å². The van der Waals surface area contributed by atoms with Crippen LogP contribution in [-0.2, 0) is 0 Å². The standard InChI is InChI=1S/C13H9NO3S/c14-8-17-13-7-11(5-6-12(13)16)18-10-3-1-9(15)2-4-10/h1-7,15-16H. The van der Waals surface area contributed by atoms with Gasteiger partial charge >= 0.3 is 0 Å². The molecule has 0 aliphatic heterocycles. The van der Waals surface area contributed by atoms with Gasteiger partial charge in [0.1, 0.15) is 5.75 Å². The smallest absolute Gasteiger partial charge is 0.292 e. The monoisotopic (exact) mass is 259 g/mol. The van der Waals surface area contributed by atoms with E-state index in [9.17, 15) is 10.2 Å². The van der Waals surface area contributed by atoms with Crippen molar-refractivity contribution in [3.8, 4) is 23.5 Å². The molecule has 2 aromatic carbocycles. The number of hydrogen-bond donors (Lipinski definition) is 2. The molecule has 0 saturated heterocycles. The van der Waals surface area contributed by atoms with E-state index in [1.807, 2.05) is 0 Å². The zero-order valence-corrected chi connectivity index (χ0v) is 10.0. The van der Waals surface area contributed by atoms with Gasteiger partial charge in [-0.3, -0.25) is 0 Å². The van der Waals surface area contributed by atoms with Crippen molar-refractivity contribution in [2.45, 2.75) is 9.79 Å². The number of ether oxygens (including phenoxy) is 1. The molecule has 0 radical (unpaired) electrons. The van der Waals surface area contributed by atoms with Crippen LogP contribution in [0.1, 0.15) is 0 Å². The predicted molar refractivity (Wildman–Crippen MR) is 66.6 cm³/mol. The first-order chi connectivity index (χ1) is 8.69. The van der Waals surface area contributed by atoms with Crippen molar-refractivity contribution < 1.29 is 14.9 Å². The molecule has 0 fully saturated rings. The Labute approximate surface area is 108 Å². The Morgan fingerprint density at radius 2 is 1.67 bits per heavy atom. The molecule has 2 rings (SSSR count). The van der Waals surface area contributed by atoms with Crippen LogP contribution in [0.5, 0.6) is 17.2 Å². The molecule has 0 heterocycles. The topological polar surface area (TPSA) is 73.5 Å². The maximum absolute atomic E-state index is 9.45. The molecular formula is C13H9NO3S. The summed E-state index contributed by atoms with van der Waals surface area (Å²) in [5, 5.41) is 27.1. The molecular weight excluding hydrogens is 250 g/mol. The lowest BCUT2D eigenvalue weighted by atomic mass is 10.3.